The zero-order valence-electron chi connectivity index (χ0n) is 30.3. The molecule has 2 aromatic rings. The van der Waals surface area contributed by atoms with Crippen molar-refractivity contribution in [3.05, 3.63) is 70.8 Å². The second-order valence-electron chi connectivity index (χ2n) is 15.9. The minimum Gasteiger partial charge on any atom is -0.399 e. The lowest BCUT2D eigenvalue weighted by atomic mass is 9.59. The van der Waals surface area contributed by atoms with Crippen LogP contribution in [0.1, 0.15) is 120 Å². The molecule has 2 heterocycles. The van der Waals surface area contributed by atoms with Crippen LogP contribution in [0.4, 0.5) is 5.69 Å². The second kappa shape index (κ2) is 16.7. The number of piperidine rings is 1. The SMILES string of the molecule is C=C(N)c1ccc2c(c1)N(CC1CCC1C(CCCC(C)C(C)CC)C(C)C1CCNCC1)CCc1ccc(C)cc1CCCC2. The Balaban J connectivity index is 1.39. The highest BCUT2D eigenvalue weighted by molar-refractivity contribution is 5.68. The van der Waals surface area contributed by atoms with E-state index in [0.717, 1.165) is 66.4 Å². The highest BCUT2D eigenvalue weighted by Crippen LogP contribution is 2.48. The Hall–Kier alpha value is -2.26. The van der Waals surface area contributed by atoms with Crippen molar-refractivity contribution in [2.75, 3.05) is 31.1 Å². The largest absolute Gasteiger partial charge is 0.399 e. The van der Waals surface area contributed by atoms with Crippen LogP contribution >= 0.6 is 0 Å². The molecule has 2 fully saturated rings. The number of hydrogen-bond acceptors (Lipinski definition) is 3. The van der Waals surface area contributed by atoms with Gasteiger partial charge >= 0.3 is 0 Å². The molecular weight excluding hydrogens is 558 g/mol. The number of benzene rings is 2. The maximum absolute atomic E-state index is 6.30. The summed E-state index contributed by atoms with van der Waals surface area (Å²) in [6, 6.07) is 14.2. The molecule has 0 aromatic heterocycles. The van der Waals surface area contributed by atoms with Crippen LogP contribution in [0.5, 0.6) is 0 Å². The van der Waals surface area contributed by atoms with Crippen molar-refractivity contribution in [2.24, 2.45) is 47.2 Å². The van der Waals surface area contributed by atoms with Gasteiger partial charge in [-0.1, -0.05) is 89.4 Å². The fraction of sp³-hybridized carbons (Fsp3) is 0.674. The van der Waals surface area contributed by atoms with Gasteiger partial charge in [-0.2, -0.15) is 0 Å². The molecule has 3 aliphatic rings. The average Bonchev–Trinajstić information content (AvgIpc) is 3.08. The topological polar surface area (TPSA) is 41.3 Å². The van der Waals surface area contributed by atoms with Crippen molar-refractivity contribution >= 4 is 11.4 Å². The van der Waals surface area contributed by atoms with Crippen molar-refractivity contribution in [2.45, 2.75) is 118 Å². The van der Waals surface area contributed by atoms with E-state index in [4.69, 9.17) is 5.73 Å². The fourth-order valence-electron chi connectivity index (χ4n) is 9.31. The van der Waals surface area contributed by atoms with E-state index >= 15 is 0 Å². The third kappa shape index (κ3) is 8.80. The average molecular weight is 626 g/mol. The van der Waals surface area contributed by atoms with Crippen LogP contribution in [0.25, 0.3) is 5.70 Å². The number of anilines is 1. The van der Waals surface area contributed by atoms with Gasteiger partial charge < -0.3 is 16.0 Å². The standard InChI is InChI=1S/C43H67N3/c1-7-31(3)32(4)11-10-14-41(33(5)35-21-24-45-25-22-35)42-20-19-40(42)29-46-26-23-36-16-15-30(2)27-39(36)13-9-8-12-37-17-18-38(34(6)44)28-43(37)46/h15-18,27-28,31-33,35,40-42,45H,6-14,19-26,29,44H2,1-5H3. The normalized spacial score (nSPS) is 23.6. The number of aryl methyl sites for hydroxylation is 3. The Morgan fingerprint density at radius 1 is 0.891 bits per heavy atom. The van der Waals surface area contributed by atoms with Crippen molar-refractivity contribution in [1.82, 2.24) is 5.32 Å². The number of hydrogen-bond donors (Lipinski definition) is 2. The van der Waals surface area contributed by atoms with E-state index in [1.165, 1.54) is 107 Å². The first kappa shape index (κ1) is 35.1. The lowest BCUT2D eigenvalue weighted by molar-refractivity contribution is 0.0390. The third-order valence-electron chi connectivity index (χ3n) is 13.0. The molecule has 0 amide bonds. The summed E-state index contributed by atoms with van der Waals surface area (Å²) in [7, 11) is 0. The lowest BCUT2D eigenvalue weighted by Crippen LogP contribution is -2.45. The van der Waals surface area contributed by atoms with Crippen LogP contribution < -0.4 is 16.0 Å². The summed E-state index contributed by atoms with van der Waals surface area (Å²) in [5, 5.41) is 3.64. The van der Waals surface area contributed by atoms with Gasteiger partial charge in [-0.3, -0.25) is 0 Å². The van der Waals surface area contributed by atoms with Crippen LogP contribution in [0, 0.1) is 48.3 Å². The Labute approximate surface area is 283 Å². The molecule has 6 atom stereocenters. The Bertz CT molecular complexity index is 1260. The number of rotatable bonds is 12. The summed E-state index contributed by atoms with van der Waals surface area (Å²) >= 11 is 0. The summed E-state index contributed by atoms with van der Waals surface area (Å²) < 4.78 is 0. The summed E-state index contributed by atoms with van der Waals surface area (Å²) in [6.45, 7) is 21.0. The van der Waals surface area contributed by atoms with Gasteiger partial charge in [-0.15, -0.1) is 0 Å². The predicted octanol–water partition coefficient (Wildman–Crippen LogP) is 9.98. The van der Waals surface area contributed by atoms with Gasteiger partial charge in [-0.05, 0) is 154 Å². The van der Waals surface area contributed by atoms with Crippen LogP contribution in [0.15, 0.2) is 43.0 Å². The van der Waals surface area contributed by atoms with Crippen molar-refractivity contribution < 1.29 is 0 Å². The molecule has 2 aliphatic heterocycles. The van der Waals surface area contributed by atoms with E-state index < -0.39 is 0 Å². The molecule has 0 radical (unpaired) electrons. The Morgan fingerprint density at radius 2 is 1.63 bits per heavy atom. The van der Waals surface area contributed by atoms with Crippen LogP contribution in [-0.4, -0.2) is 26.2 Å². The van der Waals surface area contributed by atoms with Crippen molar-refractivity contribution in [1.29, 1.82) is 0 Å². The highest BCUT2D eigenvalue weighted by Gasteiger charge is 2.41. The Kier molecular flexibility index (Phi) is 12.7. The van der Waals surface area contributed by atoms with Crippen LogP contribution in [0.3, 0.4) is 0 Å². The molecule has 1 aliphatic carbocycles. The number of nitrogens with two attached hydrogens (primary N) is 1. The quantitative estimate of drug-likeness (QED) is 0.247. The second-order valence-corrected chi connectivity index (χ2v) is 15.9. The number of nitrogens with one attached hydrogen (secondary N) is 1. The summed E-state index contributed by atoms with van der Waals surface area (Å²) in [4.78, 5) is 2.80. The number of fused-ring (bicyclic) bond motifs is 2. The minimum atomic E-state index is 0.682. The molecule has 3 heteroatoms. The zero-order valence-corrected chi connectivity index (χ0v) is 30.3. The maximum atomic E-state index is 6.30. The summed E-state index contributed by atoms with van der Waals surface area (Å²) in [5.74, 6) is 5.87. The first-order valence-corrected chi connectivity index (χ1v) is 19.4. The Morgan fingerprint density at radius 3 is 2.33 bits per heavy atom. The van der Waals surface area contributed by atoms with Gasteiger partial charge in [0.05, 0.1) is 0 Å². The maximum Gasteiger partial charge on any atom is 0.0405 e. The third-order valence-corrected chi connectivity index (χ3v) is 13.0. The van der Waals surface area contributed by atoms with Crippen molar-refractivity contribution in [3.8, 4) is 0 Å². The van der Waals surface area contributed by atoms with Crippen LogP contribution in [-0.2, 0) is 19.3 Å². The monoisotopic (exact) mass is 626 g/mol. The van der Waals surface area contributed by atoms with E-state index in [2.05, 4.69) is 87.8 Å². The molecule has 2 aromatic carbocycles. The summed E-state index contributed by atoms with van der Waals surface area (Å²) in [6.07, 6.45) is 17.0. The first-order chi connectivity index (χ1) is 22.2. The molecule has 254 valence electrons. The van der Waals surface area contributed by atoms with E-state index in [0.29, 0.717) is 5.70 Å². The van der Waals surface area contributed by atoms with Gasteiger partial charge in [0.25, 0.3) is 0 Å². The highest BCUT2D eigenvalue weighted by atomic mass is 15.1. The van der Waals surface area contributed by atoms with E-state index in [9.17, 15) is 0 Å². The smallest absolute Gasteiger partial charge is 0.0405 e. The van der Waals surface area contributed by atoms with Gasteiger partial charge in [0.1, 0.15) is 0 Å². The van der Waals surface area contributed by atoms with Gasteiger partial charge in [0, 0.05) is 24.5 Å². The molecule has 0 spiro atoms. The molecule has 1 saturated carbocycles. The molecular formula is C43H67N3. The molecule has 0 bridgehead atoms. The van der Waals surface area contributed by atoms with Crippen molar-refractivity contribution in [3.63, 3.8) is 0 Å². The molecule has 46 heavy (non-hydrogen) atoms. The molecule has 5 rings (SSSR count). The first-order valence-electron chi connectivity index (χ1n) is 19.4. The predicted molar refractivity (Wildman–Crippen MR) is 200 cm³/mol. The number of nitrogens with zero attached hydrogens (tertiary/aromatic N) is 1. The van der Waals surface area contributed by atoms with E-state index in [1.54, 1.807) is 11.1 Å². The minimum absolute atomic E-state index is 0.682. The zero-order chi connectivity index (χ0) is 32.6. The summed E-state index contributed by atoms with van der Waals surface area (Å²) in [5.41, 5.74) is 15.5. The van der Waals surface area contributed by atoms with E-state index in [-0.39, 0.29) is 0 Å². The van der Waals surface area contributed by atoms with Gasteiger partial charge in [0.2, 0.25) is 0 Å². The molecule has 3 nitrogen and oxygen atoms in total. The van der Waals surface area contributed by atoms with Crippen LogP contribution in [0.2, 0.25) is 0 Å². The fourth-order valence-corrected chi connectivity index (χ4v) is 9.31. The van der Waals surface area contributed by atoms with Gasteiger partial charge in [0.15, 0.2) is 0 Å². The molecule has 3 N–H and O–H groups in total. The molecule has 6 unspecified atom stereocenters. The van der Waals surface area contributed by atoms with Gasteiger partial charge in [-0.25, -0.2) is 0 Å². The molecule has 1 saturated heterocycles. The lowest BCUT2D eigenvalue weighted by Gasteiger charge is -2.48. The van der Waals surface area contributed by atoms with E-state index in [1.807, 2.05) is 0 Å².